The average Bonchev–Trinajstić information content (AvgIpc) is 2.46. The highest BCUT2D eigenvalue weighted by molar-refractivity contribution is 9.10. The van der Waals surface area contributed by atoms with Crippen molar-refractivity contribution in [2.45, 2.75) is 25.9 Å². The van der Waals surface area contributed by atoms with Gasteiger partial charge in [-0.3, -0.25) is 0 Å². The molecule has 2 aromatic rings. The van der Waals surface area contributed by atoms with Crippen molar-refractivity contribution in [3.8, 4) is 0 Å². The molecule has 0 saturated heterocycles. The van der Waals surface area contributed by atoms with Crippen LogP contribution in [0.4, 0.5) is 11.4 Å². The van der Waals surface area contributed by atoms with Gasteiger partial charge < -0.3 is 10.0 Å². The maximum Gasteiger partial charge on any atom is 0.0762 e. The number of para-hydroxylation sites is 1. The van der Waals surface area contributed by atoms with Crippen molar-refractivity contribution in [1.82, 2.24) is 0 Å². The quantitative estimate of drug-likeness (QED) is 0.870. The minimum atomic E-state index is -0.436. The fourth-order valence-electron chi connectivity index (χ4n) is 2.79. The molecule has 0 spiro atoms. The van der Waals surface area contributed by atoms with Gasteiger partial charge in [0.15, 0.2) is 0 Å². The number of aliphatic hydroxyl groups is 1. The number of rotatable bonds is 2. The first-order valence-electron chi connectivity index (χ1n) is 7.00. The predicted molar refractivity (Wildman–Crippen MR) is 86.5 cm³/mol. The highest BCUT2D eigenvalue weighted by Gasteiger charge is 2.19. The lowest BCUT2D eigenvalue weighted by molar-refractivity contribution is 0.199. The lowest BCUT2D eigenvalue weighted by Crippen LogP contribution is -2.24. The molecule has 1 aliphatic rings. The van der Waals surface area contributed by atoms with Gasteiger partial charge >= 0.3 is 0 Å². The highest BCUT2D eigenvalue weighted by Crippen LogP contribution is 2.38. The Morgan fingerprint density at radius 2 is 1.95 bits per heavy atom. The van der Waals surface area contributed by atoms with Gasteiger partial charge in [0, 0.05) is 16.7 Å². The van der Waals surface area contributed by atoms with Gasteiger partial charge in [0.1, 0.15) is 0 Å². The summed E-state index contributed by atoms with van der Waals surface area (Å²) in [5, 5.41) is 9.67. The van der Waals surface area contributed by atoms with E-state index in [4.69, 9.17) is 0 Å². The van der Waals surface area contributed by atoms with Gasteiger partial charge in [-0.05, 0) is 65.0 Å². The van der Waals surface area contributed by atoms with Crippen molar-refractivity contribution in [2.75, 3.05) is 11.4 Å². The van der Waals surface area contributed by atoms with E-state index in [1.807, 2.05) is 12.1 Å². The Morgan fingerprint density at radius 3 is 2.70 bits per heavy atom. The Morgan fingerprint density at radius 1 is 1.15 bits per heavy atom. The second-order valence-corrected chi connectivity index (χ2v) is 6.13. The van der Waals surface area contributed by atoms with Crippen LogP contribution >= 0.6 is 15.9 Å². The molecule has 3 rings (SSSR count). The number of benzene rings is 2. The van der Waals surface area contributed by atoms with Gasteiger partial charge in [0.2, 0.25) is 0 Å². The Balaban J connectivity index is 2.02. The third-order valence-corrected chi connectivity index (χ3v) is 4.49. The van der Waals surface area contributed by atoms with Crippen LogP contribution in [0, 0.1) is 0 Å². The molecule has 20 heavy (non-hydrogen) atoms. The largest absolute Gasteiger partial charge is 0.389 e. The molecule has 1 heterocycles. The van der Waals surface area contributed by atoms with Crippen molar-refractivity contribution in [3.05, 3.63) is 58.1 Å². The molecule has 0 amide bonds. The van der Waals surface area contributed by atoms with Crippen LogP contribution in [-0.4, -0.2) is 11.7 Å². The fraction of sp³-hybridized carbons (Fsp3) is 0.294. The van der Waals surface area contributed by atoms with E-state index in [-0.39, 0.29) is 0 Å². The van der Waals surface area contributed by atoms with Crippen molar-refractivity contribution in [1.29, 1.82) is 0 Å². The fourth-order valence-corrected chi connectivity index (χ4v) is 3.40. The molecular weight excluding hydrogens is 314 g/mol. The molecule has 0 aromatic heterocycles. The van der Waals surface area contributed by atoms with Crippen LogP contribution in [0.25, 0.3) is 0 Å². The van der Waals surface area contributed by atoms with Crippen molar-refractivity contribution in [3.63, 3.8) is 0 Å². The van der Waals surface area contributed by atoms with Gasteiger partial charge in [-0.2, -0.15) is 0 Å². The zero-order valence-corrected chi connectivity index (χ0v) is 13.1. The summed E-state index contributed by atoms with van der Waals surface area (Å²) in [4.78, 5) is 2.36. The molecule has 0 unspecified atom stereocenters. The lowest BCUT2D eigenvalue weighted by atomic mass is 10.0. The minimum Gasteiger partial charge on any atom is -0.389 e. The summed E-state index contributed by atoms with van der Waals surface area (Å²) in [7, 11) is 0. The maximum absolute atomic E-state index is 9.67. The van der Waals surface area contributed by atoms with E-state index < -0.39 is 6.10 Å². The average molecular weight is 332 g/mol. The van der Waals surface area contributed by atoms with Gasteiger partial charge in [-0.25, -0.2) is 0 Å². The van der Waals surface area contributed by atoms with E-state index in [0.717, 1.165) is 23.0 Å². The molecule has 1 N–H and O–H groups in total. The predicted octanol–water partition coefficient (Wildman–Crippen LogP) is 4.59. The molecule has 1 aliphatic heterocycles. The van der Waals surface area contributed by atoms with Crippen molar-refractivity contribution in [2.24, 2.45) is 0 Å². The van der Waals surface area contributed by atoms with Gasteiger partial charge in [-0.15, -0.1) is 0 Å². The number of fused-ring (bicyclic) bond motifs is 1. The molecule has 2 nitrogen and oxygen atoms in total. The molecule has 0 aliphatic carbocycles. The molecule has 0 saturated carbocycles. The summed E-state index contributed by atoms with van der Waals surface area (Å²) in [5.74, 6) is 0. The smallest absolute Gasteiger partial charge is 0.0762 e. The molecular formula is C17H18BrNO. The van der Waals surface area contributed by atoms with Crippen LogP contribution in [0.3, 0.4) is 0 Å². The zero-order chi connectivity index (χ0) is 14.1. The Kier molecular flexibility index (Phi) is 3.81. The minimum absolute atomic E-state index is 0.436. The molecule has 104 valence electrons. The SMILES string of the molecule is C[C@@H](O)c1ccc(N2CCCc3ccccc32)c(Br)c1. The van der Waals surface area contributed by atoms with Gasteiger partial charge in [-0.1, -0.05) is 24.3 Å². The topological polar surface area (TPSA) is 23.5 Å². The Bertz CT molecular complexity index is 624. The second kappa shape index (κ2) is 5.58. The number of hydrogen-bond donors (Lipinski definition) is 1. The monoisotopic (exact) mass is 331 g/mol. The van der Waals surface area contributed by atoms with Crippen molar-refractivity contribution < 1.29 is 5.11 Å². The van der Waals surface area contributed by atoms with Gasteiger partial charge in [0.25, 0.3) is 0 Å². The first kappa shape index (κ1) is 13.7. The highest BCUT2D eigenvalue weighted by atomic mass is 79.9. The normalized spacial score (nSPS) is 15.8. The number of aliphatic hydroxyl groups excluding tert-OH is 1. The molecule has 3 heteroatoms. The molecule has 2 aromatic carbocycles. The summed E-state index contributed by atoms with van der Waals surface area (Å²) in [6.07, 6.45) is 1.88. The van der Waals surface area contributed by atoms with E-state index >= 15 is 0 Å². The summed E-state index contributed by atoms with van der Waals surface area (Å²) in [5.41, 5.74) is 4.81. The maximum atomic E-state index is 9.67. The molecule has 0 radical (unpaired) electrons. The summed E-state index contributed by atoms with van der Waals surface area (Å²) in [6, 6.07) is 14.7. The second-order valence-electron chi connectivity index (χ2n) is 5.27. The first-order valence-corrected chi connectivity index (χ1v) is 7.79. The summed E-state index contributed by atoms with van der Waals surface area (Å²) < 4.78 is 1.03. The van der Waals surface area contributed by atoms with E-state index in [9.17, 15) is 5.11 Å². The number of nitrogens with zero attached hydrogens (tertiary/aromatic N) is 1. The molecule has 1 atom stereocenters. The van der Waals surface area contributed by atoms with Crippen LogP contribution in [0.1, 0.15) is 30.6 Å². The van der Waals surface area contributed by atoms with E-state index in [1.54, 1.807) is 6.92 Å². The third kappa shape index (κ3) is 2.48. The summed E-state index contributed by atoms with van der Waals surface area (Å²) in [6.45, 7) is 2.82. The van der Waals surface area contributed by atoms with Crippen LogP contribution < -0.4 is 4.90 Å². The van der Waals surface area contributed by atoms with Crippen LogP contribution in [0.2, 0.25) is 0 Å². The molecule has 0 bridgehead atoms. The number of aryl methyl sites for hydroxylation is 1. The standard InChI is InChI=1S/C17H18BrNO/c1-12(20)14-8-9-17(15(18)11-14)19-10-4-6-13-5-2-3-7-16(13)19/h2-3,5,7-9,11-12,20H,4,6,10H2,1H3/t12-/m1/s1. The van der Waals surface area contributed by atoms with Crippen LogP contribution in [0.15, 0.2) is 46.9 Å². The summed E-state index contributed by atoms with van der Waals surface area (Å²) >= 11 is 3.65. The van der Waals surface area contributed by atoms with Crippen LogP contribution in [-0.2, 0) is 6.42 Å². The van der Waals surface area contributed by atoms with Crippen molar-refractivity contribution >= 4 is 27.3 Å². The first-order chi connectivity index (χ1) is 9.66. The number of anilines is 2. The number of hydrogen-bond acceptors (Lipinski definition) is 2. The lowest BCUT2D eigenvalue weighted by Gasteiger charge is -2.32. The Labute approximate surface area is 128 Å². The third-order valence-electron chi connectivity index (χ3n) is 3.86. The van der Waals surface area contributed by atoms with E-state index in [0.29, 0.717) is 0 Å². The van der Waals surface area contributed by atoms with E-state index in [2.05, 4.69) is 51.2 Å². The van der Waals surface area contributed by atoms with Gasteiger partial charge in [0.05, 0.1) is 11.8 Å². The Hall–Kier alpha value is -1.32. The zero-order valence-electron chi connectivity index (χ0n) is 11.5. The number of halogens is 1. The van der Waals surface area contributed by atoms with Crippen LogP contribution in [0.5, 0.6) is 0 Å². The van der Waals surface area contributed by atoms with E-state index in [1.165, 1.54) is 23.4 Å². The molecule has 0 fully saturated rings.